The third kappa shape index (κ3) is 3.45. The zero-order chi connectivity index (χ0) is 19.8. The van der Waals surface area contributed by atoms with Gasteiger partial charge in [0.1, 0.15) is 23.6 Å². The van der Waals surface area contributed by atoms with Gasteiger partial charge in [-0.25, -0.2) is 9.78 Å². The number of phenols is 1. The van der Waals surface area contributed by atoms with E-state index in [1.54, 1.807) is 25.3 Å². The van der Waals surface area contributed by atoms with Crippen molar-refractivity contribution in [3.63, 3.8) is 0 Å². The van der Waals surface area contributed by atoms with Crippen LogP contribution in [0.25, 0.3) is 21.8 Å². The number of aromatic amines is 1. The van der Waals surface area contributed by atoms with Gasteiger partial charge in [0.2, 0.25) is 0 Å². The predicted octanol–water partition coefficient (Wildman–Crippen LogP) is 5.31. The molecule has 0 atom stereocenters. The van der Waals surface area contributed by atoms with Crippen LogP contribution < -0.4 is 4.74 Å². The molecule has 6 nitrogen and oxygen atoms in total. The smallest absolute Gasteiger partial charge is 0.355 e. The van der Waals surface area contributed by atoms with Gasteiger partial charge in [-0.3, -0.25) is 0 Å². The molecule has 2 heterocycles. The van der Waals surface area contributed by atoms with Gasteiger partial charge in [0, 0.05) is 20.8 Å². The lowest BCUT2D eigenvalue weighted by molar-refractivity contribution is 0.0462. The lowest BCUT2D eigenvalue weighted by Crippen LogP contribution is -2.06. The second-order valence-electron chi connectivity index (χ2n) is 6.10. The quantitative estimate of drug-likeness (QED) is 0.367. The third-order valence-corrected chi connectivity index (χ3v) is 5.57. The van der Waals surface area contributed by atoms with Crippen LogP contribution in [0.2, 0.25) is 0 Å². The first-order valence-electron chi connectivity index (χ1n) is 8.27. The van der Waals surface area contributed by atoms with E-state index in [0.29, 0.717) is 27.1 Å². The van der Waals surface area contributed by atoms with Crippen LogP contribution in [-0.2, 0) is 11.3 Å². The number of carbonyl (C=O) groups is 1. The fourth-order valence-electron chi connectivity index (χ4n) is 2.89. The van der Waals surface area contributed by atoms with Gasteiger partial charge < -0.3 is 19.6 Å². The van der Waals surface area contributed by atoms with Gasteiger partial charge in [-0.15, -0.1) is 0 Å². The van der Waals surface area contributed by atoms with Crippen molar-refractivity contribution in [1.29, 1.82) is 0 Å². The minimum atomic E-state index is -0.489. The topological polar surface area (TPSA) is 84.4 Å². The highest BCUT2D eigenvalue weighted by molar-refractivity contribution is 9.11. The Morgan fingerprint density at radius 1 is 1.14 bits per heavy atom. The van der Waals surface area contributed by atoms with Gasteiger partial charge in [0.15, 0.2) is 5.75 Å². The summed E-state index contributed by atoms with van der Waals surface area (Å²) in [6.45, 7) is -0.0168. The van der Waals surface area contributed by atoms with Crippen molar-refractivity contribution in [3.8, 4) is 11.5 Å². The Balaban J connectivity index is 1.55. The normalized spacial score (nSPS) is 11.1. The Morgan fingerprint density at radius 3 is 2.75 bits per heavy atom. The molecule has 2 aromatic heterocycles. The average Bonchev–Trinajstić information content (AvgIpc) is 3.13. The van der Waals surface area contributed by atoms with Crippen LogP contribution in [0.15, 0.2) is 51.4 Å². The molecule has 0 aliphatic rings. The van der Waals surface area contributed by atoms with Crippen LogP contribution in [0.1, 0.15) is 16.2 Å². The molecule has 4 rings (SSSR count). The molecular formula is C20H14Br2N2O4. The Kier molecular flexibility index (Phi) is 4.99. The number of esters is 1. The van der Waals surface area contributed by atoms with Gasteiger partial charge in [-0.2, -0.15) is 0 Å². The second kappa shape index (κ2) is 7.44. The first kappa shape index (κ1) is 18.8. The maximum atomic E-state index is 12.4. The number of carbonyl (C=O) groups excluding carboxylic acids is 1. The van der Waals surface area contributed by atoms with E-state index < -0.39 is 5.97 Å². The SMILES string of the molecule is COc1ccc2[nH]c(C(=O)OCc3ccc4c(Br)cc(Br)c(O)c4n3)cc2c1. The molecule has 28 heavy (non-hydrogen) atoms. The molecule has 0 amide bonds. The Labute approximate surface area is 176 Å². The largest absolute Gasteiger partial charge is 0.505 e. The fourth-order valence-corrected chi connectivity index (χ4v) is 4.16. The predicted molar refractivity (Wildman–Crippen MR) is 113 cm³/mol. The zero-order valence-electron chi connectivity index (χ0n) is 14.6. The van der Waals surface area contributed by atoms with Crippen molar-refractivity contribution in [2.45, 2.75) is 6.61 Å². The zero-order valence-corrected chi connectivity index (χ0v) is 17.8. The average molecular weight is 506 g/mol. The number of hydrogen-bond acceptors (Lipinski definition) is 5. The Hall–Kier alpha value is -2.58. The minimum absolute atomic E-state index is 0.0168. The number of halogens is 2. The second-order valence-corrected chi connectivity index (χ2v) is 7.81. The first-order valence-corrected chi connectivity index (χ1v) is 9.85. The fraction of sp³-hybridized carbons (Fsp3) is 0.100. The van der Waals surface area contributed by atoms with Crippen molar-refractivity contribution in [2.24, 2.45) is 0 Å². The summed E-state index contributed by atoms with van der Waals surface area (Å²) in [6, 6.07) is 12.5. The summed E-state index contributed by atoms with van der Waals surface area (Å²) in [5.74, 6) is 0.261. The molecule has 0 spiro atoms. The summed E-state index contributed by atoms with van der Waals surface area (Å²) in [5, 5.41) is 11.9. The summed E-state index contributed by atoms with van der Waals surface area (Å²) in [5.41, 5.74) is 2.11. The summed E-state index contributed by atoms with van der Waals surface area (Å²) in [6.07, 6.45) is 0. The number of rotatable bonds is 4. The molecule has 0 radical (unpaired) electrons. The van der Waals surface area contributed by atoms with Crippen LogP contribution >= 0.6 is 31.9 Å². The van der Waals surface area contributed by atoms with Gasteiger partial charge in [0.25, 0.3) is 0 Å². The number of aromatic nitrogens is 2. The number of ether oxygens (including phenoxy) is 2. The summed E-state index contributed by atoms with van der Waals surface area (Å²) in [7, 11) is 1.59. The number of H-pyrrole nitrogens is 1. The Morgan fingerprint density at radius 2 is 1.96 bits per heavy atom. The van der Waals surface area contributed by atoms with Crippen molar-refractivity contribution in [3.05, 3.63) is 62.8 Å². The number of nitrogens with one attached hydrogen (secondary N) is 1. The molecule has 0 unspecified atom stereocenters. The van der Waals surface area contributed by atoms with Crippen LogP contribution in [0.4, 0.5) is 0 Å². The monoisotopic (exact) mass is 504 g/mol. The number of fused-ring (bicyclic) bond motifs is 2. The molecule has 0 bridgehead atoms. The number of methoxy groups -OCH3 is 1. The van der Waals surface area contributed by atoms with E-state index in [2.05, 4.69) is 41.8 Å². The van der Waals surface area contributed by atoms with Crippen molar-refractivity contribution in [2.75, 3.05) is 7.11 Å². The maximum Gasteiger partial charge on any atom is 0.355 e. The molecule has 0 saturated heterocycles. The number of phenolic OH excluding ortho intramolecular Hbond substituents is 1. The number of nitrogens with zero attached hydrogens (tertiary/aromatic N) is 1. The number of aromatic hydroxyl groups is 1. The highest BCUT2D eigenvalue weighted by atomic mass is 79.9. The summed E-state index contributed by atoms with van der Waals surface area (Å²) < 4.78 is 11.9. The van der Waals surface area contributed by atoms with E-state index >= 15 is 0 Å². The molecular weight excluding hydrogens is 492 g/mol. The van der Waals surface area contributed by atoms with Crippen molar-refractivity contribution < 1.29 is 19.4 Å². The third-order valence-electron chi connectivity index (χ3n) is 4.31. The molecule has 2 N–H and O–H groups in total. The van der Waals surface area contributed by atoms with Crippen LogP contribution in [0, 0.1) is 0 Å². The van der Waals surface area contributed by atoms with Gasteiger partial charge in [-0.1, -0.05) is 15.9 Å². The van der Waals surface area contributed by atoms with Gasteiger partial charge in [0.05, 0.1) is 17.3 Å². The van der Waals surface area contributed by atoms with Gasteiger partial charge in [-0.05, 0) is 58.4 Å². The molecule has 8 heteroatoms. The van der Waals surface area contributed by atoms with E-state index in [4.69, 9.17) is 9.47 Å². The molecule has 0 saturated carbocycles. The number of hydrogen-bond donors (Lipinski definition) is 2. The van der Waals surface area contributed by atoms with Crippen LogP contribution in [0.5, 0.6) is 11.5 Å². The molecule has 142 valence electrons. The maximum absolute atomic E-state index is 12.4. The molecule has 0 aliphatic heterocycles. The lowest BCUT2D eigenvalue weighted by Gasteiger charge is -2.08. The first-order chi connectivity index (χ1) is 13.5. The standard InChI is InChI=1S/C20H14Br2N2O4/c1-27-12-3-5-16-10(6-12)7-17(24-16)20(26)28-9-11-2-4-13-14(21)8-15(22)19(25)18(13)23-11/h2-8,24-25H,9H2,1H3. The van der Waals surface area contributed by atoms with E-state index in [0.717, 1.165) is 20.8 Å². The number of benzene rings is 2. The summed E-state index contributed by atoms with van der Waals surface area (Å²) >= 11 is 6.74. The molecule has 0 fully saturated rings. The molecule has 2 aromatic carbocycles. The van der Waals surface area contributed by atoms with Crippen molar-refractivity contribution in [1.82, 2.24) is 9.97 Å². The summed E-state index contributed by atoms with van der Waals surface area (Å²) in [4.78, 5) is 19.9. The minimum Gasteiger partial charge on any atom is -0.505 e. The van der Waals surface area contributed by atoms with E-state index in [9.17, 15) is 9.90 Å². The lowest BCUT2D eigenvalue weighted by atomic mass is 10.2. The van der Waals surface area contributed by atoms with Gasteiger partial charge >= 0.3 is 5.97 Å². The van der Waals surface area contributed by atoms with Crippen LogP contribution in [-0.4, -0.2) is 28.2 Å². The van der Waals surface area contributed by atoms with Crippen molar-refractivity contribution >= 4 is 59.6 Å². The van der Waals surface area contributed by atoms with E-state index in [1.165, 1.54) is 0 Å². The highest BCUT2D eigenvalue weighted by Gasteiger charge is 2.14. The van der Waals surface area contributed by atoms with E-state index in [-0.39, 0.29) is 12.4 Å². The van der Waals surface area contributed by atoms with E-state index in [1.807, 2.05) is 24.3 Å². The molecule has 4 aromatic rings. The Bertz CT molecular complexity index is 1220. The molecule has 0 aliphatic carbocycles. The van der Waals surface area contributed by atoms with Crippen LogP contribution in [0.3, 0.4) is 0 Å². The highest BCUT2D eigenvalue weighted by Crippen LogP contribution is 2.36. The number of pyridine rings is 1.